The molecule has 0 amide bonds. The second-order valence-corrected chi connectivity index (χ2v) is 6.32. The van der Waals surface area contributed by atoms with Gasteiger partial charge in [0.1, 0.15) is 0 Å². The number of hydrogen-bond donors (Lipinski definition) is 0. The lowest BCUT2D eigenvalue weighted by Gasteiger charge is -2.46. The first-order valence-corrected chi connectivity index (χ1v) is 6.86. The van der Waals surface area contributed by atoms with E-state index in [0.29, 0.717) is 10.8 Å². The maximum atomic E-state index is 12.9. The Labute approximate surface area is 102 Å². The predicted molar refractivity (Wildman–Crippen MR) is 54.9 cm³/mol. The molecule has 1 saturated heterocycles. The van der Waals surface area contributed by atoms with Gasteiger partial charge in [0.05, 0.1) is 6.10 Å². The third-order valence-electron chi connectivity index (χ3n) is 2.53. The van der Waals surface area contributed by atoms with Crippen LogP contribution in [0.1, 0.15) is 6.92 Å². The van der Waals surface area contributed by atoms with E-state index in [0.717, 1.165) is 7.11 Å². The predicted octanol–water partition coefficient (Wildman–Crippen LogP) is 3.90. The molecular formula is C8H10F6OS2. The van der Waals surface area contributed by atoms with Crippen molar-refractivity contribution in [2.45, 2.75) is 30.1 Å². The molecule has 0 radical (unpaired) electrons. The maximum Gasteiger partial charge on any atom is 0.415 e. The van der Waals surface area contributed by atoms with Gasteiger partial charge in [0.25, 0.3) is 0 Å². The van der Waals surface area contributed by atoms with Gasteiger partial charge in [-0.1, -0.05) is 28.5 Å². The summed E-state index contributed by atoms with van der Waals surface area (Å²) in [6, 6.07) is 0. The molecule has 0 aromatic heterocycles. The number of ether oxygens (including phenoxy) is 1. The van der Waals surface area contributed by atoms with Crippen LogP contribution in [-0.4, -0.2) is 36.1 Å². The highest BCUT2D eigenvalue weighted by atomic mass is 33.1. The molecule has 2 unspecified atom stereocenters. The summed E-state index contributed by atoms with van der Waals surface area (Å²) < 4.78 is 77.9. The van der Waals surface area contributed by atoms with Crippen LogP contribution in [0, 0.1) is 5.92 Å². The fourth-order valence-electron chi connectivity index (χ4n) is 1.75. The molecule has 1 aliphatic heterocycles. The van der Waals surface area contributed by atoms with Crippen LogP contribution in [0.15, 0.2) is 0 Å². The average Bonchev–Trinajstić information content (AvgIpc) is 2.13. The molecule has 0 saturated carbocycles. The maximum absolute atomic E-state index is 12.9. The Balaban J connectivity index is 3.30. The molecule has 1 fully saturated rings. The molecule has 2 atom stereocenters. The fraction of sp³-hybridized carbons (Fsp3) is 1.00. The van der Waals surface area contributed by atoms with Gasteiger partial charge in [0.15, 0.2) is 0 Å². The van der Waals surface area contributed by atoms with Crippen molar-refractivity contribution < 1.29 is 31.1 Å². The second-order valence-electron chi connectivity index (χ2n) is 3.73. The summed E-state index contributed by atoms with van der Waals surface area (Å²) in [5.41, 5.74) is 0. The van der Waals surface area contributed by atoms with Gasteiger partial charge in [0, 0.05) is 12.9 Å². The minimum Gasteiger partial charge on any atom is -0.379 e. The molecule has 0 aromatic carbocycles. The van der Waals surface area contributed by atoms with Gasteiger partial charge in [-0.25, -0.2) is 0 Å². The standard InChI is InChI=1S/C8H10F6OS2/c1-4-3-16-17-6(5(4)15-2,7(9,10)11)8(12,13)14/h4-5H,3H2,1-2H3. The van der Waals surface area contributed by atoms with E-state index < -0.39 is 29.1 Å². The van der Waals surface area contributed by atoms with E-state index in [1.54, 1.807) is 0 Å². The first-order valence-electron chi connectivity index (χ1n) is 4.54. The summed E-state index contributed by atoms with van der Waals surface area (Å²) in [6.07, 6.45) is -12.7. The van der Waals surface area contributed by atoms with Crippen molar-refractivity contribution in [3.8, 4) is 0 Å². The van der Waals surface area contributed by atoms with Gasteiger partial charge < -0.3 is 4.74 Å². The summed E-state index contributed by atoms with van der Waals surface area (Å²) >= 11 is 0. The van der Waals surface area contributed by atoms with Crippen molar-refractivity contribution in [2.75, 3.05) is 12.9 Å². The Bertz CT molecular complexity index is 262. The van der Waals surface area contributed by atoms with Crippen LogP contribution < -0.4 is 0 Å². The van der Waals surface area contributed by atoms with Crippen molar-refractivity contribution >= 4 is 21.6 Å². The Morgan fingerprint density at radius 3 is 1.88 bits per heavy atom. The number of rotatable bonds is 1. The Hall–Kier alpha value is 0.240. The highest BCUT2D eigenvalue weighted by Crippen LogP contribution is 2.62. The van der Waals surface area contributed by atoms with Gasteiger partial charge in [-0.05, 0) is 5.92 Å². The second kappa shape index (κ2) is 4.73. The van der Waals surface area contributed by atoms with Crippen LogP contribution in [-0.2, 0) is 4.74 Å². The third kappa shape index (κ3) is 2.37. The van der Waals surface area contributed by atoms with Gasteiger partial charge >= 0.3 is 12.4 Å². The van der Waals surface area contributed by atoms with E-state index in [9.17, 15) is 26.3 Å². The molecule has 0 aromatic rings. The number of alkyl halides is 6. The van der Waals surface area contributed by atoms with E-state index in [2.05, 4.69) is 4.74 Å². The van der Waals surface area contributed by atoms with E-state index in [4.69, 9.17) is 0 Å². The fourth-order valence-corrected chi connectivity index (χ4v) is 5.26. The zero-order valence-electron chi connectivity index (χ0n) is 8.85. The summed E-state index contributed by atoms with van der Waals surface area (Å²) in [4.78, 5) is 0. The van der Waals surface area contributed by atoms with Gasteiger partial charge in [0.2, 0.25) is 4.75 Å². The zero-order valence-corrected chi connectivity index (χ0v) is 10.5. The lowest BCUT2D eigenvalue weighted by Crippen LogP contribution is -2.65. The molecule has 17 heavy (non-hydrogen) atoms. The molecule has 0 N–H and O–H groups in total. The molecule has 1 aliphatic rings. The van der Waals surface area contributed by atoms with Crippen LogP contribution in [0.3, 0.4) is 0 Å². The highest BCUT2D eigenvalue weighted by Gasteiger charge is 2.77. The average molecular weight is 300 g/mol. The van der Waals surface area contributed by atoms with E-state index >= 15 is 0 Å². The summed E-state index contributed by atoms with van der Waals surface area (Å²) in [5.74, 6) is -0.633. The van der Waals surface area contributed by atoms with Crippen molar-refractivity contribution in [2.24, 2.45) is 5.92 Å². The summed E-state index contributed by atoms with van der Waals surface area (Å²) in [6.45, 7) is 1.33. The van der Waals surface area contributed by atoms with Gasteiger partial charge in [-0.3, -0.25) is 0 Å². The largest absolute Gasteiger partial charge is 0.415 e. The van der Waals surface area contributed by atoms with Gasteiger partial charge in [-0.2, -0.15) is 26.3 Å². The topological polar surface area (TPSA) is 9.23 Å². The normalized spacial score (nSPS) is 30.4. The first-order chi connectivity index (χ1) is 7.58. The molecule has 1 heterocycles. The number of halogens is 6. The Morgan fingerprint density at radius 1 is 1.12 bits per heavy atom. The molecule has 102 valence electrons. The lowest BCUT2D eigenvalue weighted by molar-refractivity contribution is -0.291. The van der Waals surface area contributed by atoms with Crippen molar-refractivity contribution in [1.29, 1.82) is 0 Å². The molecule has 0 bridgehead atoms. The van der Waals surface area contributed by atoms with Crippen LogP contribution >= 0.6 is 21.6 Å². The molecule has 0 aliphatic carbocycles. The molecular weight excluding hydrogens is 290 g/mol. The third-order valence-corrected chi connectivity index (χ3v) is 5.82. The minimum atomic E-state index is -5.40. The molecule has 0 spiro atoms. The van der Waals surface area contributed by atoms with Crippen LogP contribution in [0.25, 0.3) is 0 Å². The smallest absolute Gasteiger partial charge is 0.379 e. The highest BCUT2D eigenvalue weighted by molar-refractivity contribution is 8.77. The van der Waals surface area contributed by atoms with Crippen LogP contribution in [0.4, 0.5) is 26.3 Å². The monoisotopic (exact) mass is 300 g/mol. The minimum absolute atomic E-state index is 0.192. The Kier molecular flexibility index (Phi) is 4.26. The van der Waals surface area contributed by atoms with Gasteiger partial charge in [-0.15, -0.1) is 0 Å². The molecule has 9 heteroatoms. The van der Waals surface area contributed by atoms with Crippen LogP contribution in [0.2, 0.25) is 0 Å². The Morgan fingerprint density at radius 2 is 1.59 bits per heavy atom. The zero-order chi connectivity index (χ0) is 13.5. The summed E-state index contributed by atoms with van der Waals surface area (Å²) in [7, 11) is 1.26. The quantitative estimate of drug-likeness (QED) is 0.537. The van der Waals surface area contributed by atoms with Crippen molar-refractivity contribution in [3.63, 3.8) is 0 Å². The number of methoxy groups -OCH3 is 1. The SMILES string of the molecule is COC1C(C)CSSC1(C(F)(F)F)C(F)(F)F. The summed E-state index contributed by atoms with van der Waals surface area (Å²) in [5, 5.41) is 0. The van der Waals surface area contributed by atoms with E-state index in [1.807, 2.05) is 0 Å². The van der Waals surface area contributed by atoms with E-state index in [1.165, 1.54) is 6.92 Å². The first kappa shape index (κ1) is 15.3. The lowest BCUT2D eigenvalue weighted by atomic mass is 9.90. The van der Waals surface area contributed by atoms with E-state index in [-0.39, 0.29) is 16.5 Å². The molecule has 1 nitrogen and oxygen atoms in total. The van der Waals surface area contributed by atoms with Crippen molar-refractivity contribution in [1.82, 2.24) is 0 Å². The van der Waals surface area contributed by atoms with Crippen LogP contribution in [0.5, 0.6) is 0 Å². The van der Waals surface area contributed by atoms with Crippen molar-refractivity contribution in [3.05, 3.63) is 0 Å². The molecule has 1 rings (SSSR count). The number of hydrogen-bond acceptors (Lipinski definition) is 3.